The van der Waals surface area contributed by atoms with Crippen LogP contribution in [0.15, 0.2) is 23.2 Å². The minimum Gasteiger partial charge on any atom is -0.398 e. The summed E-state index contributed by atoms with van der Waals surface area (Å²) in [6, 6.07) is 4.06. The van der Waals surface area contributed by atoms with E-state index in [0.29, 0.717) is 0 Å². The summed E-state index contributed by atoms with van der Waals surface area (Å²) in [7, 11) is 0. The molecule has 0 aliphatic carbocycles. The Balaban J connectivity index is 2.22. The summed E-state index contributed by atoms with van der Waals surface area (Å²) in [5, 5.41) is 8.03. The van der Waals surface area contributed by atoms with Crippen molar-refractivity contribution in [3.8, 4) is 0 Å². The average Bonchev–Trinajstić information content (AvgIpc) is 2.65. The molecule has 15 heavy (non-hydrogen) atoms. The zero-order chi connectivity index (χ0) is 10.7. The molecule has 2 rings (SSSR count). The lowest BCUT2D eigenvalue weighted by Gasteiger charge is -2.04. The molecule has 0 aliphatic rings. The fraction of sp³-hybridized carbons (Fsp3) is 0.364. The smallest absolute Gasteiger partial charge is 0.0662 e. The number of benzene rings is 1. The number of fused-ring (bicyclic) bond motifs is 1. The number of unbranched alkanes of at least 4 members (excludes halogenated alkanes) is 1. The molecule has 0 unspecified atom stereocenters. The summed E-state index contributed by atoms with van der Waals surface area (Å²) in [6.07, 6.45) is 4.25. The van der Waals surface area contributed by atoms with E-state index in [1.807, 2.05) is 17.8 Å². The molecule has 3 nitrogen and oxygen atoms in total. The topological polar surface area (TPSA) is 54.7 Å². The van der Waals surface area contributed by atoms with E-state index in [4.69, 9.17) is 5.73 Å². The SMILES string of the molecule is CCCCSc1cc2[nH]ncc2cc1N. The van der Waals surface area contributed by atoms with Gasteiger partial charge in [-0.3, -0.25) is 5.10 Å². The van der Waals surface area contributed by atoms with Gasteiger partial charge in [0.05, 0.1) is 11.7 Å². The molecule has 2 aromatic rings. The van der Waals surface area contributed by atoms with Crippen LogP contribution in [0.1, 0.15) is 19.8 Å². The van der Waals surface area contributed by atoms with Crippen molar-refractivity contribution < 1.29 is 0 Å². The molecule has 1 aromatic heterocycles. The van der Waals surface area contributed by atoms with E-state index in [2.05, 4.69) is 23.2 Å². The third kappa shape index (κ3) is 2.26. The molecule has 0 saturated heterocycles. The van der Waals surface area contributed by atoms with Crippen LogP contribution in [-0.2, 0) is 0 Å². The Morgan fingerprint density at radius 3 is 3.13 bits per heavy atom. The van der Waals surface area contributed by atoms with E-state index in [1.165, 1.54) is 12.8 Å². The standard InChI is InChI=1S/C11H15N3S/c1-2-3-4-15-11-6-10-8(5-9(11)12)7-13-14-10/h5-7H,2-4,12H2,1H3,(H,13,14). The lowest BCUT2D eigenvalue weighted by atomic mass is 10.2. The van der Waals surface area contributed by atoms with E-state index in [-0.39, 0.29) is 0 Å². The highest BCUT2D eigenvalue weighted by molar-refractivity contribution is 7.99. The largest absolute Gasteiger partial charge is 0.398 e. The molecule has 0 amide bonds. The van der Waals surface area contributed by atoms with Crippen LogP contribution in [0.3, 0.4) is 0 Å². The summed E-state index contributed by atoms with van der Waals surface area (Å²) in [5.41, 5.74) is 7.88. The molecular weight excluding hydrogens is 206 g/mol. The Bertz CT molecular complexity index is 450. The second-order valence-electron chi connectivity index (χ2n) is 3.55. The number of rotatable bonds is 4. The number of thioether (sulfide) groups is 1. The Labute approximate surface area is 93.4 Å². The molecular formula is C11H15N3S. The van der Waals surface area contributed by atoms with Gasteiger partial charge in [-0.15, -0.1) is 11.8 Å². The number of nitrogens with one attached hydrogen (secondary N) is 1. The van der Waals surface area contributed by atoms with Crippen molar-refractivity contribution in [2.24, 2.45) is 0 Å². The van der Waals surface area contributed by atoms with Gasteiger partial charge in [0.15, 0.2) is 0 Å². The van der Waals surface area contributed by atoms with Crippen LogP contribution in [0.2, 0.25) is 0 Å². The van der Waals surface area contributed by atoms with Crippen molar-refractivity contribution in [1.29, 1.82) is 0 Å². The number of hydrogen-bond acceptors (Lipinski definition) is 3. The van der Waals surface area contributed by atoms with Crippen molar-refractivity contribution in [3.05, 3.63) is 18.3 Å². The maximum Gasteiger partial charge on any atom is 0.0662 e. The highest BCUT2D eigenvalue weighted by Crippen LogP contribution is 2.29. The third-order valence-corrected chi connectivity index (χ3v) is 3.48. The molecule has 0 aliphatic heterocycles. The van der Waals surface area contributed by atoms with Gasteiger partial charge in [-0.25, -0.2) is 0 Å². The van der Waals surface area contributed by atoms with Crippen molar-refractivity contribution >= 4 is 28.4 Å². The van der Waals surface area contributed by atoms with Gasteiger partial charge in [0, 0.05) is 16.0 Å². The molecule has 3 N–H and O–H groups in total. The highest BCUT2D eigenvalue weighted by Gasteiger charge is 2.03. The molecule has 1 aromatic carbocycles. The van der Waals surface area contributed by atoms with Crippen LogP contribution in [0.25, 0.3) is 10.9 Å². The summed E-state index contributed by atoms with van der Waals surface area (Å²) in [6.45, 7) is 2.20. The van der Waals surface area contributed by atoms with Crippen LogP contribution in [0.5, 0.6) is 0 Å². The zero-order valence-electron chi connectivity index (χ0n) is 8.79. The quantitative estimate of drug-likeness (QED) is 0.474. The molecule has 1 heterocycles. The van der Waals surface area contributed by atoms with Crippen LogP contribution in [0.4, 0.5) is 5.69 Å². The fourth-order valence-corrected chi connectivity index (χ4v) is 2.52. The second-order valence-corrected chi connectivity index (χ2v) is 4.69. The highest BCUT2D eigenvalue weighted by atomic mass is 32.2. The second kappa shape index (κ2) is 4.57. The lowest BCUT2D eigenvalue weighted by Crippen LogP contribution is -1.89. The van der Waals surface area contributed by atoms with Crippen molar-refractivity contribution in [3.63, 3.8) is 0 Å². The number of aromatic amines is 1. The Hall–Kier alpha value is -1.16. The molecule has 80 valence electrons. The number of H-pyrrole nitrogens is 1. The normalized spacial score (nSPS) is 11.0. The molecule has 0 bridgehead atoms. The minimum absolute atomic E-state index is 0.852. The molecule has 0 radical (unpaired) electrons. The Morgan fingerprint density at radius 2 is 2.33 bits per heavy atom. The zero-order valence-corrected chi connectivity index (χ0v) is 9.60. The van der Waals surface area contributed by atoms with Gasteiger partial charge in [0.25, 0.3) is 0 Å². The monoisotopic (exact) mass is 221 g/mol. The maximum atomic E-state index is 5.97. The van der Waals surface area contributed by atoms with Gasteiger partial charge in [-0.1, -0.05) is 13.3 Å². The predicted octanol–water partition coefficient (Wildman–Crippen LogP) is 3.04. The van der Waals surface area contributed by atoms with Crippen molar-refractivity contribution in [2.75, 3.05) is 11.5 Å². The van der Waals surface area contributed by atoms with Crippen LogP contribution in [0, 0.1) is 0 Å². The van der Waals surface area contributed by atoms with Gasteiger partial charge in [0.1, 0.15) is 0 Å². The summed E-state index contributed by atoms with van der Waals surface area (Å²) < 4.78 is 0. The first-order valence-electron chi connectivity index (χ1n) is 5.16. The van der Waals surface area contributed by atoms with Gasteiger partial charge in [-0.2, -0.15) is 5.10 Å². The number of anilines is 1. The fourth-order valence-electron chi connectivity index (χ4n) is 1.44. The first-order valence-corrected chi connectivity index (χ1v) is 6.15. The number of nitrogens with zero attached hydrogens (tertiary/aromatic N) is 1. The summed E-state index contributed by atoms with van der Waals surface area (Å²) in [4.78, 5) is 1.15. The Morgan fingerprint density at radius 1 is 1.47 bits per heavy atom. The first kappa shape index (κ1) is 10.4. The third-order valence-electron chi connectivity index (χ3n) is 2.33. The minimum atomic E-state index is 0.852. The van der Waals surface area contributed by atoms with Crippen LogP contribution < -0.4 is 5.73 Å². The first-order chi connectivity index (χ1) is 7.31. The molecule has 0 spiro atoms. The number of hydrogen-bond donors (Lipinski definition) is 2. The Kier molecular flexibility index (Phi) is 3.16. The van der Waals surface area contributed by atoms with Crippen molar-refractivity contribution in [1.82, 2.24) is 10.2 Å². The van der Waals surface area contributed by atoms with E-state index < -0.39 is 0 Å². The predicted molar refractivity (Wildman–Crippen MR) is 66.1 cm³/mol. The van der Waals surface area contributed by atoms with E-state index in [9.17, 15) is 0 Å². The summed E-state index contributed by atoms with van der Waals surface area (Å²) in [5.74, 6) is 1.13. The molecule has 4 heteroatoms. The van der Waals surface area contributed by atoms with E-state index >= 15 is 0 Å². The van der Waals surface area contributed by atoms with E-state index in [0.717, 1.165) is 27.2 Å². The van der Waals surface area contributed by atoms with Crippen molar-refractivity contribution in [2.45, 2.75) is 24.7 Å². The molecule has 0 atom stereocenters. The van der Waals surface area contributed by atoms with Crippen LogP contribution >= 0.6 is 11.8 Å². The number of nitrogen functional groups attached to an aromatic ring is 1. The van der Waals surface area contributed by atoms with Gasteiger partial charge in [0.2, 0.25) is 0 Å². The maximum absolute atomic E-state index is 5.97. The average molecular weight is 221 g/mol. The molecule has 0 saturated carbocycles. The lowest BCUT2D eigenvalue weighted by molar-refractivity contribution is 0.896. The van der Waals surface area contributed by atoms with Gasteiger partial charge < -0.3 is 5.73 Å². The van der Waals surface area contributed by atoms with Gasteiger partial charge in [-0.05, 0) is 24.3 Å². The van der Waals surface area contributed by atoms with Gasteiger partial charge >= 0.3 is 0 Å². The summed E-state index contributed by atoms with van der Waals surface area (Å²) >= 11 is 1.82. The number of nitrogens with two attached hydrogens (primary N) is 1. The van der Waals surface area contributed by atoms with Crippen LogP contribution in [-0.4, -0.2) is 16.0 Å². The van der Waals surface area contributed by atoms with E-state index in [1.54, 1.807) is 6.20 Å². The number of aromatic nitrogens is 2. The molecule has 0 fully saturated rings.